The Balaban J connectivity index is 2.46. The van der Waals surface area contributed by atoms with Crippen LogP contribution < -0.4 is 5.32 Å². The van der Waals surface area contributed by atoms with Gasteiger partial charge in [0.15, 0.2) is 0 Å². The molecule has 0 unspecified atom stereocenters. The van der Waals surface area contributed by atoms with E-state index in [1.807, 2.05) is 7.05 Å². The Hall–Kier alpha value is 0.100. The zero-order chi connectivity index (χ0) is 11.5. The molecule has 0 radical (unpaired) electrons. The van der Waals surface area contributed by atoms with Crippen molar-refractivity contribution < 1.29 is 0 Å². The van der Waals surface area contributed by atoms with Gasteiger partial charge in [0.25, 0.3) is 0 Å². The van der Waals surface area contributed by atoms with Crippen molar-refractivity contribution >= 4 is 27.3 Å². The quantitative estimate of drug-likeness (QED) is 0.897. The first kappa shape index (κ1) is 13.2. The molecule has 0 atom stereocenters. The van der Waals surface area contributed by atoms with Crippen molar-refractivity contribution in [1.29, 1.82) is 0 Å². The largest absolute Gasteiger partial charge is 0.314 e. The van der Waals surface area contributed by atoms with Gasteiger partial charge in [-0.25, -0.2) is 0 Å². The molecule has 1 rings (SSSR count). The van der Waals surface area contributed by atoms with Gasteiger partial charge in [0.05, 0.1) is 3.79 Å². The van der Waals surface area contributed by atoms with Gasteiger partial charge < -0.3 is 10.2 Å². The molecule has 0 fully saturated rings. The number of halogens is 1. The Bertz CT molecular complexity index is 309. The van der Waals surface area contributed by atoms with Crippen LogP contribution in [0.1, 0.15) is 19.4 Å². The fourth-order valence-electron chi connectivity index (χ4n) is 1.55. The first-order valence-electron chi connectivity index (χ1n) is 5.03. The van der Waals surface area contributed by atoms with Crippen LogP contribution in [-0.2, 0) is 6.54 Å². The first-order chi connectivity index (χ1) is 6.93. The Morgan fingerprint density at radius 3 is 2.67 bits per heavy atom. The average Bonchev–Trinajstić information content (AvgIpc) is 2.50. The summed E-state index contributed by atoms with van der Waals surface area (Å²) in [7, 11) is 4.17. The predicted octanol–water partition coefficient (Wildman–Crippen LogP) is 2.94. The average molecular weight is 291 g/mol. The van der Waals surface area contributed by atoms with Gasteiger partial charge in [-0.2, -0.15) is 0 Å². The summed E-state index contributed by atoms with van der Waals surface area (Å²) in [6.45, 7) is 6.48. The molecule has 0 aliphatic rings. The summed E-state index contributed by atoms with van der Waals surface area (Å²) in [4.78, 5) is 2.34. The molecular weight excluding hydrogens is 272 g/mol. The van der Waals surface area contributed by atoms with Gasteiger partial charge in [-0.1, -0.05) is 0 Å². The highest BCUT2D eigenvalue weighted by Crippen LogP contribution is 2.21. The Labute approximate surface area is 105 Å². The van der Waals surface area contributed by atoms with Gasteiger partial charge in [-0.05, 0) is 60.9 Å². The molecular formula is C11H19BrN2S. The van der Waals surface area contributed by atoms with E-state index in [0.717, 1.165) is 13.1 Å². The van der Waals surface area contributed by atoms with Gasteiger partial charge >= 0.3 is 0 Å². The van der Waals surface area contributed by atoms with Gasteiger partial charge in [0.1, 0.15) is 0 Å². The van der Waals surface area contributed by atoms with Crippen LogP contribution in [0.5, 0.6) is 0 Å². The third-order valence-electron chi connectivity index (χ3n) is 2.42. The van der Waals surface area contributed by atoms with Crippen LogP contribution >= 0.6 is 27.3 Å². The molecule has 0 saturated heterocycles. The van der Waals surface area contributed by atoms with E-state index >= 15 is 0 Å². The molecule has 2 nitrogen and oxygen atoms in total. The molecule has 0 bridgehead atoms. The number of likely N-dealkylation sites (N-methyl/N-ethyl adjacent to an activating group) is 2. The molecule has 1 N–H and O–H groups in total. The van der Waals surface area contributed by atoms with E-state index in [2.05, 4.69) is 58.5 Å². The molecule has 15 heavy (non-hydrogen) atoms. The molecule has 1 aromatic rings. The molecule has 1 aromatic heterocycles. The minimum atomic E-state index is 0.169. The molecule has 4 heteroatoms. The summed E-state index contributed by atoms with van der Waals surface area (Å²) in [6, 6.07) is 2.19. The minimum absolute atomic E-state index is 0.169. The van der Waals surface area contributed by atoms with E-state index < -0.39 is 0 Å². The zero-order valence-corrected chi connectivity index (χ0v) is 12.2. The molecule has 0 spiro atoms. The maximum absolute atomic E-state index is 3.48. The third-order valence-corrected chi connectivity index (χ3v) is 3.97. The lowest BCUT2D eigenvalue weighted by atomic mass is 10.1. The number of hydrogen-bond acceptors (Lipinski definition) is 3. The van der Waals surface area contributed by atoms with Crippen LogP contribution in [0.2, 0.25) is 0 Å². The maximum atomic E-state index is 3.48. The fourth-order valence-corrected chi connectivity index (χ4v) is 2.75. The summed E-state index contributed by atoms with van der Waals surface area (Å²) < 4.78 is 1.21. The molecule has 86 valence electrons. The highest BCUT2D eigenvalue weighted by molar-refractivity contribution is 9.11. The summed E-state index contributed by atoms with van der Waals surface area (Å²) in [6.07, 6.45) is 0. The second-order valence-electron chi connectivity index (χ2n) is 4.57. The summed E-state index contributed by atoms with van der Waals surface area (Å²) in [5.74, 6) is 0. The van der Waals surface area contributed by atoms with Crippen LogP contribution in [0.3, 0.4) is 0 Å². The van der Waals surface area contributed by atoms with E-state index in [1.54, 1.807) is 11.3 Å². The predicted molar refractivity (Wildman–Crippen MR) is 71.5 cm³/mol. The number of nitrogens with zero attached hydrogens (tertiary/aromatic N) is 1. The SMILES string of the molecule is CNC(C)(C)CN(C)Cc1csc(Br)c1. The number of rotatable bonds is 5. The maximum Gasteiger partial charge on any atom is 0.0701 e. The lowest BCUT2D eigenvalue weighted by Crippen LogP contribution is -2.45. The summed E-state index contributed by atoms with van der Waals surface area (Å²) in [5, 5.41) is 5.52. The number of nitrogens with one attached hydrogen (secondary N) is 1. The normalized spacial score (nSPS) is 12.4. The van der Waals surface area contributed by atoms with E-state index in [1.165, 1.54) is 9.35 Å². The van der Waals surface area contributed by atoms with Crippen molar-refractivity contribution in [2.24, 2.45) is 0 Å². The van der Waals surface area contributed by atoms with Crippen LogP contribution in [0.15, 0.2) is 15.2 Å². The third kappa shape index (κ3) is 4.64. The van der Waals surface area contributed by atoms with Crippen molar-refractivity contribution in [2.75, 3.05) is 20.6 Å². The Morgan fingerprint density at radius 2 is 2.20 bits per heavy atom. The first-order valence-corrected chi connectivity index (χ1v) is 6.70. The van der Waals surface area contributed by atoms with Gasteiger partial charge in [0.2, 0.25) is 0 Å². The smallest absolute Gasteiger partial charge is 0.0701 e. The fraction of sp³-hybridized carbons (Fsp3) is 0.636. The number of thiophene rings is 1. The minimum Gasteiger partial charge on any atom is -0.314 e. The summed E-state index contributed by atoms with van der Waals surface area (Å²) in [5.41, 5.74) is 1.54. The van der Waals surface area contributed by atoms with Crippen molar-refractivity contribution in [3.8, 4) is 0 Å². The van der Waals surface area contributed by atoms with E-state index in [9.17, 15) is 0 Å². The van der Waals surface area contributed by atoms with Crippen LogP contribution in [0.4, 0.5) is 0 Å². The second kappa shape index (κ2) is 5.43. The topological polar surface area (TPSA) is 15.3 Å². The zero-order valence-electron chi connectivity index (χ0n) is 9.80. The van der Waals surface area contributed by atoms with Crippen molar-refractivity contribution in [3.05, 3.63) is 20.8 Å². The monoisotopic (exact) mass is 290 g/mol. The molecule has 0 aromatic carbocycles. The molecule has 0 aliphatic carbocycles. The van der Waals surface area contributed by atoms with Crippen molar-refractivity contribution in [1.82, 2.24) is 10.2 Å². The van der Waals surface area contributed by atoms with Crippen molar-refractivity contribution in [3.63, 3.8) is 0 Å². The highest BCUT2D eigenvalue weighted by atomic mass is 79.9. The molecule has 0 amide bonds. The van der Waals surface area contributed by atoms with Crippen LogP contribution in [0.25, 0.3) is 0 Å². The molecule has 1 heterocycles. The van der Waals surface area contributed by atoms with Crippen LogP contribution in [0, 0.1) is 0 Å². The molecule has 0 aliphatic heterocycles. The Kier molecular flexibility index (Phi) is 4.77. The highest BCUT2D eigenvalue weighted by Gasteiger charge is 2.17. The molecule has 0 saturated carbocycles. The standard InChI is InChI=1S/C11H19BrN2S/c1-11(2,13-3)8-14(4)6-9-5-10(12)15-7-9/h5,7,13H,6,8H2,1-4H3. The van der Waals surface area contributed by atoms with E-state index in [-0.39, 0.29) is 5.54 Å². The van der Waals surface area contributed by atoms with Gasteiger partial charge in [-0.15, -0.1) is 11.3 Å². The lowest BCUT2D eigenvalue weighted by molar-refractivity contribution is 0.238. The Morgan fingerprint density at radius 1 is 1.53 bits per heavy atom. The van der Waals surface area contributed by atoms with E-state index in [4.69, 9.17) is 0 Å². The summed E-state index contributed by atoms with van der Waals surface area (Å²) >= 11 is 5.23. The van der Waals surface area contributed by atoms with Gasteiger partial charge in [0, 0.05) is 18.6 Å². The van der Waals surface area contributed by atoms with Crippen molar-refractivity contribution in [2.45, 2.75) is 25.9 Å². The van der Waals surface area contributed by atoms with E-state index in [0.29, 0.717) is 0 Å². The lowest BCUT2D eigenvalue weighted by Gasteiger charge is -2.29. The van der Waals surface area contributed by atoms with Crippen LogP contribution in [-0.4, -0.2) is 31.1 Å². The van der Waals surface area contributed by atoms with Gasteiger partial charge in [-0.3, -0.25) is 0 Å². The number of hydrogen-bond donors (Lipinski definition) is 1. The second-order valence-corrected chi connectivity index (χ2v) is 6.86.